The van der Waals surface area contributed by atoms with Crippen LogP contribution in [0.4, 0.5) is 0 Å². The molecular weight excluding hydrogens is 336 g/mol. The fourth-order valence-electron chi connectivity index (χ4n) is 3.33. The van der Waals surface area contributed by atoms with Crippen LogP contribution in [0.2, 0.25) is 0 Å². The minimum Gasteiger partial charge on any atom is -0.296 e. The Bertz CT molecular complexity index is 1200. The third kappa shape index (κ3) is 3.32. The quantitative estimate of drug-likeness (QED) is 0.582. The fourth-order valence-corrected chi connectivity index (χ4v) is 3.33. The third-order valence-electron chi connectivity index (χ3n) is 4.87. The lowest BCUT2D eigenvalue weighted by Crippen LogP contribution is -2.36. The monoisotopic (exact) mass is 354 g/mol. The molecule has 0 saturated heterocycles. The minimum atomic E-state index is 0.0241. The Balaban J connectivity index is 1.72. The van der Waals surface area contributed by atoms with Crippen LogP contribution in [0.1, 0.15) is 42.9 Å². The summed E-state index contributed by atoms with van der Waals surface area (Å²) >= 11 is 0. The first-order valence-corrected chi connectivity index (χ1v) is 8.87. The molecule has 0 radical (unpaired) electrons. The van der Waals surface area contributed by atoms with Gasteiger partial charge in [0, 0.05) is 24.7 Å². The summed E-state index contributed by atoms with van der Waals surface area (Å²) in [7, 11) is 0. The molecule has 27 heavy (non-hydrogen) atoms. The van der Waals surface area contributed by atoms with E-state index in [0.29, 0.717) is 28.7 Å². The van der Waals surface area contributed by atoms with Gasteiger partial charge in [0.25, 0.3) is 5.56 Å². The standard InChI is InChI=1S/C22H18N4O/c1-22(2)10-9-20-25-19-11-15(5-8-18(19)21(27)26(20)14-22)3-6-17-7-4-16(12-23)13-24-17/h4-5,7-8,11,13H,9-10,14H2,1-2H3. The van der Waals surface area contributed by atoms with E-state index in [1.165, 1.54) is 6.20 Å². The molecule has 5 nitrogen and oxygen atoms in total. The predicted octanol–water partition coefficient (Wildman–Crippen LogP) is 3.04. The van der Waals surface area contributed by atoms with Gasteiger partial charge in [0.1, 0.15) is 17.6 Å². The van der Waals surface area contributed by atoms with Crippen molar-refractivity contribution in [3.63, 3.8) is 0 Å². The van der Waals surface area contributed by atoms with E-state index in [1.54, 1.807) is 18.2 Å². The van der Waals surface area contributed by atoms with Crippen LogP contribution >= 0.6 is 0 Å². The van der Waals surface area contributed by atoms with Gasteiger partial charge in [-0.1, -0.05) is 19.8 Å². The highest BCUT2D eigenvalue weighted by Crippen LogP contribution is 2.29. The third-order valence-corrected chi connectivity index (χ3v) is 4.87. The average Bonchev–Trinajstić information content (AvgIpc) is 2.67. The highest BCUT2D eigenvalue weighted by Gasteiger charge is 2.27. The molecule has 1 aliphatic rings. The fraction of sp³-hybridized carbons (Fsp3) is 0.273. The SMILES string of the molecule is CC1(C)CCc2nc3cc(C#Cc4ccc(C#N)cn4)ccc3c(=O)n2C1. The lowest BCUT2D eigenvalue weighted by atomic mass is 9.85. The van der Waals surface area contributed by atoms with Crippen molar-refractivity contribution < 1.29 is 0 Å². The van der Waals surface area contributed by atoms with Crippen molar-refractivity contribution in [2.45, 2.75) is 33.2 Å². The van der Waals surface area contributed by atoms with Gasteiger partial charge in [0.2, 0.25) is 0 Å². The summed E-state index contributed by atoms with van der Waals surface area (Å²) in [6.45, 7) is 5.07. The maximum atomic E-state index is 12.9. The number of aromatic nitrogens is 3. The molecule has 0 spiro atoms. The van der Waals surface area contributed by atoms with Crippen LogP contribution in [0.5, 0.6) is 0 Å². The maximum absolute atomic E-state index is 12.9. The zero-order valence-electron chi connectivity index (χ0n) is 15.3. The molecule has 2 aromatic heterocycles. The number of hydrogen-bond acceptors (Lipinski definition) is 4. The lowest BCUT2D eigenvalue weighted by molar-refractivity contribution is 0.240. The second-order valence-corrected chi connectivity index (χ2v) is 7.61. The molecule has 0 atom stereocenters. The number of pyridine rings is 1. The molecule has 0 unspecified atom stereocenters. The van der Waals surface area contributed by atoms with Crippen molar-refractivity contribution in [1.82, 2.24) is 14.5 Å². The van der Waals surface area contributed by atoms with E-state index < -0.39 is 0 Å². The molecule has 4 rings (SSSR count). The summed E-state index contributed by atoms with van der Waals surface area (Å²) in [6, 6.07) is 10.9. The first-order valence-electron chi connectivity index (χ1n) is 8.87. The maximum Gasteiger partial charge on any atom is 0.261 e. The van der Waals surface area contributed by atoms with Crippen LogP contribution in [0.3, 0.4) is 0 Å². The van der Waals surface area contributed by atoms with E-state index in [0.717, 1.165) is 24.2 Å². The molecule has 0 amide bonds. The van der Waals surface area contributed by atoms with Crippen molar-refractivity contribution in [3.8, 4) is 17.9 Å². The van der Waals surface area contributed by atoms with Crippen molar-refractivity contribution in [2.75, 3.05) is 0 Å². The first-order chi connectivity index (χ1) is 12.9. The van der Waals surface area contributed by atoms with Crippen molar-refractivity contribution in [2.24, 2.45) is 5.41 Å². The first kappa shape index (κ1) is 17.0. The summed E-state index contributed by atoms with van der Waals surface area (Å²) in [5.74, 6) is 6.89. The number of benzene rings is 1. The summed E-state index contributed by atoms with van der Waals surface area (Å²) in [4.78, 5) is 21.7. The Morgan fingerprint density at radius 3 is 2.70 bits per heavy atom. The number of nitriles is 1. The number of rotatable bonds is 0. The molecule has 3 aromatic rings. The molecule has 0 fully saturated rings. The Kier molecular flexibility index (Phi) is 4.01. The lowest BCUT2D eigenvalue weighted by Gasteiger charge is -2.31. The highest BCUT2D eigenvalue weighted by atomic mass is 16.1. The summed E-state index contributed by atoms with van der Waals surface area (Å²) < 4.78 is 1.82. The Labute approximate surface area is 157 Å². The molecule has 3 heterocycles. The topological polar surface area (TPSA) is 71.6 Å². The predicted molar refractivity (Wildman–Crippen MR) is 103 cm³/mol. The normalized spacial score (nSPS) is 14.7. The zero-order valence-corrected chi connectivity index (χ0v) is 15.3. The molecule has 1 aliphatic heterocycles. The van der Waals surface area contributed by atoms with Gasteiger partial charge in [-0.2, -0.15) is 5.26 Å². The van der Waals surface area contributed by atoms with Crippen LogP contribution in [0, 0.1) is 28.6 Å². The van der Waals surface area contributed by atoms with E-state index in [4.69, 9.17) is 10.2 Å². The molecule has 5 heteroatoms. The van der Waals surface area contributed by atoms with Gasteiger partial charge in [-0.05, 0) is 48.1 Å². The van der Waals surface area contributed by atoms with Gasteiger partial charge in [0.05, 0.1) is 16.5 Å². The van der Waals surface area contributed by atoms with E-state index in [2.05, 4.69) is 30.7 Å². The molecule has 0 aliphatic carbocycles. The summed E-state index contributed by atoms with van der Waals surface area (Å²) in [5.41, 5.74) is 2.70. The Morgan fingerprint density at radius 1 is 1.15 bits per heavy atom. The van der Waals surface area contributed by atoms with E-state index in [1.807, 2.05) is 22.8 Å². The van der Waals surface area contributed by atoms with E-state index in [-0.39, 0.29) is 11.0 Å². The van der Waals surface area contributed by atoms with Gasteiger partial charge in [0.15, 0.2) is 0 Å². The van der Waals surface area contributed by atoms with Gasteiger partial charge in [-0.25, -0.2) is 9.97 Å². The molecule has 1 aromatic carbocycles. The summed E-state index contributed by atoms with van der Waals surface area (Å²) in [6.07, 6.45) is 3.33. The Hall–Kier alpha value is -3.44. The second kappa shape index (κ2) is 6.37. The number of fused-ring (bicyclic) bond motifs is 2. The largest absolute Gasteiger partial charge is 0.296 e. The van der Waals surface area contributed by atoms with Gasteiger partial charge in [-0.3, -0.25) is 9.36 Å². The molecule has 0 bridgehead atoms. The molecule has 0 N–H and O–H groups in total. The zero-order chi connectivity index (χ0) is 19.0. The number of hydrogen-bond donors (Lipinski definition) is 0. The van der Waals surface area contributed by atoms with Gasteiger partial charge >= 0.3 is 0 Å². The molecule has 0 saturated carbocycles. The molecular formula is C22H18N4O. The van der Waals surface area contributed by atoms with Crippen LogP contribution in [0.15, 0.2) is 41.3 Å². The Morgan fingerprint density at radius 2 is 1.96 bits per heavy atom. The van der Waals surface area contributed by atoms with Crippen LogP contribution in [0.25, 0.3) is 10.9 Å². The second-order valence-electron chi connectivity index (χ2n) is 7.61. The van der Waals surface area contributed by atoms with Crippen LogP contribution in [-0.2, 0) is 13.0 Å². The van der Waals surface area contributed by atoms with Crippen LogP contribution < -0.4 is 5.56 Å². The smallest absolute Gasteiger partial charge is 0.261 e. The average molecular weight is 354 g/mol. The van der Waals surface area contributed by atoms with E-state index in [9.17, 15) is 4.79 Å². The van der Waals surface area contributed by atoms with E-state index >= 15 is 0 Å². The number of aryl methyl sites for hydroxylation is 1. The molecule has 132 valence electrons. The van der Waals surface area contributed by atoms with Crippen molar-refractivity contribution >= 4 is 10.9 Å². The summed E-state index contributed by atoms with van der Waals surface area (Å²) in [5, 5.41) is 9.44. The van der Waals surface area contributed by atoms with Crippen molar-refractivity contribution in [3.05, 3.63) is 69.5 Å². The van der Waals surface area contributed by atoms with Crippen molar-refractivity contribution in [1.29, 1.82) is 5.26 Å². The van der Waals surface area contributed by atoms with Gasteiger partial charge in [-0.15, -0.1) is 0 Å². The minimum absolute atomic E-state index is 0.0241. The highest BCUT2D eigenvalue weighted by molar-refractivity contribution is 5.79. The van der Waals surface area contributed by atoms with Gasteiger partial charge < -0.3 is 0 Å². The number of nitrogens with zero attached hydrogens (tertiary/aromatic N) is 4. The van der Waals surface area contributed by atoms with Crippen LogP contribution in [-0.4, -0.2) is 14.5 Å².